The van der Waals surface area contributed by atoms with E-state index in [1.165, 1.54) is 12.8 Å². The molecule has 3 heteroatoms. The summed E-state index contributed by atoms with van der Waals surface area (Å²) in [5.41, 5.74) is 0.394. The molecule has 0 aromatic rings. The van der Waals surface area contributed by atoms with Gasteiger partial charge in [0.15, 0.2) is 0 Å². The highest BCUT2D eigenvalue weighted by Gasteiger charge is 2.57. The van der Waals surface area contributed by atoms with Gasteiger partial charge in [0.1, 0.15) is 0 Å². The Hall–Kier alpha value is -0.830. The number of carbonyl (C=O) groups is 1. The third kappa shape index (κ3) is 4.37. The van der Waals surface area contributed by atoms with Crippen LogP contribution in [0.3, 0.4) is 0 Å². The first-order valence-electron chi connectivity index (χ1n) is 9.55. The van der Waals surface area contributed by atoms with Crippen LogP contribution in [0.2, 0.25) is 0 Å². The number of hydrogen-bond acceptors (Lipinski definition) is 2. The summed E-state index contributed by atoms with van der Waals surface area (Å²) >= 11 is 0. The summed E-state index contributed by atoms with van der Waals surface area (Å²) in [4.78, 5) is 12.1. The van der Waals surface area contributed by atoms with Gasteiger partial charge in [0.05, 0.1) is 0 Å². The van der Waals surface area contributed by atoms with E-state index in [2.05, 4.69) is 38.2 Å². The second-order valence-electron chi connectivity index (χ2n) is 8.13. The van der Waals surface area contributed by atoms with Gasteiger partial charge in [0.25, 0.3) is 0 Å². The van der Waals surface area contributed by atoms with Crippen LogP contribution in [-0.4, -0.2) is 23.7 Å². The summed E-state index contributed by atoms with van der Waals surface area (Å²) in [5, 5.41) is 12.2. The molecule has 4 atom stereocenters. The number of allylic oxidation sites excluding steroid dienone is 2. The zero-order valence-corrected chi connectivity index (χ0v) is 15.2. The molecule has 0 aliphatic heterocycles. The zero-order chi connectivity index (χ0) is 16.9. The lowest BCUT2D eigenvalue weighted by atomic mass is 9.44. The van der Waals surface area contributed by atoms with Gasteiger partial charge in [0, 0.05) is 19.1 Å². The van der Waals surface area contributed by atoms with Gasteiger partial charge in [-0.05, 0) is 68.1 Å². The van der Waals surface area contributed by atoms with Crippen molar-refractivity contribution in [2.24, 2.45) is 23.2 Å². The van der Waals surface area contributed by atoms with Gasteiger partial charge in [-0.25, -0.2) is 0 Å². The molecule has 3 nitrogen and oxygen atoms in total. The van der Waals surface area contributed by atoms with Crippen LogP contribution in [0.1, 0.15) is 72.1 Å². The highest BCUT2D eigenvalue weighted by molar-refractivity contribution is 5.76. The lowest BCUT2D eigenvalue weighted by Gasteiger charge is -2.62. The molecule has 3 rings (SSSR count). The number of aliphatic hydroxyl groups is 1. The molecule has 2 bridgehead atoms. The van der Waals surface area contributed by atoms with Crippen molar-refractivity contribution in [2.45, 2.75) is 78.2 Å². The molecular weight excluding hydrogens is 286 g/mol. The average Bonchev–Trinajstić information content (AvgIpc) is 2.51. The summed E-state index contributed by atoms with van der Waals surface area (Å²) in [5.74, 6) is 2.31. The molecule has 3 fully saturated rings. The standard InChI is InChI=1S/C20H35NO2/c1-4-10-18(23)21-19-15(11-8-6-5-7-9-12-22)13-16-14-17(19)20(16,2)3/h6,8,15-17,19,22H,4-5,7,9-14H2,1-3H3,(H,21,23)/b8-6-/t15-,16-,17-,19?/m0/s1. The van der Waals surface area contributed by atoms with Crippen LogP contribution in [0.4, 0.5) is 0 Å². The van der Waals surface area contributed by atoms with Crippen molar-refractivity contribution >= 4 is 5.91 Å². The molecule has 3 aliphatic carbocycles. The fourth-order valence-corrected chi connectivity index (χ4v) is 4.62. The molecule has 0 aromatic carbocycles. The smallest absolute Gasteiger partial charge is 0.220 e. The Labute approximate surface area is 141 Å². The second-order valence-corrected chi connectivity index (χ2v) is 8.13. The van der Waals surface area contributed by atoms with E-state index in [1.807, 2.05) is 0 Å². The van der Waals surface area contributed by atoms with Crippen LogP contribution >= 0.6 is 0 Å². The molecule has 0 heterocycles. The molecule has 23 heavy (non-hydrogen) atoms. The van der Waals surface area contributed by atoms with E-state index < -0.39 is 0 Å². The summed E-state index contributed by atoms with van der Waals surface area (Å²) in [6.45, 7) is 7.12. The first-order valence-corrected chi connectivity index (χ1v) is 9.55. The topological polar surface area (TPSA) is 49.3 Å². The summed E-state index contributed by atoms with van der Waals surface area (Å²) in [6.07, 6.45) is 12.8. The number of unbranched alkanes of at least 4 members (excludes halogenated alkanes) is 2. The Morgan fingerprint density at radius 3 is 2.70 bits per heavy atom. The average molecular weight is 322 g/mol. The summed E-state index contributed by atoms with van der Waals surface area (Å²) in [7, 11) is 0. The number of nitrogens with one attached hydrogen (secondary N) is 1. The Balaban J connectivity index is 1.90. The number of fused-ring (bicyclic) bond motifs is 2. The van der Waals surface area contributed by atoms with Crippen LogP contribution < -0.4 is 5.32 Å². The SMILES string of the molecule is CCCC(=O)NC1[C@@H](C/C=C\CCCCO)C[C@H]2C[C@@H]1C2(C)C. The maximum absolute atomic E-state index is 12.1. The Bertz CT molecular complexity index is 416. The molecule has 1 amide bonds. The van der Waals surface area contributed by atoms with Crippen molar-refractivity contribution in [2.75, 3.05) is 6.61 Å². The molecule has 0 aromatic heterocycles. The van der Waals surface area contributed by atoms with Crippen molar-refractivity contribution in [1.29, 1.82) is 0 Å². The predicted molar refractivity (Wildman–Crippen MR) is 95.0 cm³/mol. The van der Waals surface area contributed by atoms with Gasteiger partial charge < -0.3 is 10.4 Å². The minimum Gasteiger partial charge on any atom is -0.396 e. The fraction of sp³-hybridized carbons (Fsp3) is 0.850. The van der Waals surface area contributed by atoms with Crippen LogP contribution in [0.25, 0.3) is 0 Å². The van der Waals surface area contributed by atoms with E-state index in [0.717, 1.165) is 38.0 Å². The van der Waals surface area contributed by atoms with Crippen LogP contribution in [0.5, 0.6) is 0 Å². The maximum atomic E-state index is 12.1. The van der Waals surface area contributed by atoms with Crippen molar-refractivity contribution in [3.63, 3.8) is 0 Å². The molecule has 1 unspecified atom stereocenters. The maximum Gasteiger partial charge on any atom is 0.220 e. The number of hydrogen-bond donors (Lipinski definition) is 2. The van der Waals surface area contributed by atoms with E-state index in [1.54, 1.807) is 0 Å². The number of carbonyl (C=O) groups excluding carboxylic acids is 1. The molecule has 0 saturated heterocycles. The van der Waals surface area contributed by atoms with Crippen molar-refractivity contribution in [3.05, 3.63) is 12.2 Å². The Morgan fingerprint density at radius 1 is 1.26 bits per heavy atom. The normalized spacial score (nSPS) is 31.8. The highest BCUT2D eigenvalue weighted by atomic mass is 16.2. The minimum atomic E-state index is 0.232. The molecule has 0 spiro atoms. The zero-order valence-electron chi connectivity index (χ0n) is 15.2. The van der Waals surface area contributed by atoms with E-state index in [9.17, 15) is 4.79 Å². The lowest BCUT2D eigenvalue weighted by Crippen LogP contribution is -2.63. The quantitative estimate of drug-likeness (QED) is 0.497. The fourth-order valence-electron chi connectivity index (χ4n) is 4.62. The van der Waals surface area contributed by atoms with E-state index in [4.69, 9.17) is 5.11 Å². The molecular formula is C20H35NO2. The third-order valence-electron chi connectivity index (χ3n) is 6.26. The molecule has 0 radical (unpaired) electrons. The minimum absolute atomic E-state index is 0.232. The van der Waals surface area contributed by atoms with E-state index >= 15 is 0 Å². The van der Waals surface area contributed by atoms with E-state index in [-0.39, 0.29) is 5.91 Å². The van der Waals surface area contributed by atoms with E-state index in [0.29, 0.717) is 36.3 Å². The van der Waals surface area contributed by atoms with Gasteiger partial charge in [-0.15, -0.1) is 0 Å². The highest BCUT2D eigenvalue weighted by Crippen LogP contribution is 2.61. The second kappa shape index (κ2) is 8.32. The molecule has 3 saturated carbocycles. The number of rotatable bonds is 9. The van der Waals surface area contributed by atoms with Gasteiger partial charge in [0.2, 0.25) is 5.91 Å². The Morgan fingerprint density at radius 2 is 2.04 bits per heavy atom. The van der Waals surface area contributed by atoms with Crippen LogP contribution in [0, 0.1) is 23.2 Å². The monoisotopic (exact) mass is 321 g/mol. The number of aliphatic hydroxyl groups excluding tert-OH is 1. The van der Waals surface area contributed by atoms with Crippen molar-refractivity contribution < 1.29 is 9.90 Å². The summed E-state index contributed by atoms with van der Waals surface area (Å²) < 4.78 is 0. The van der Waals surface area contributed by atoms with Gasteiger partial charge in [-0.3, -0.25) is 4.79 Å². The van der Waals surface area contributed by atoms with Crippen molar-refractivity contribution in [3.8, 4) is 0 Å². The molecule has 132 valence electrons. The lowest BCUT2D eigenvalue weighted by molar-refractivity contribution is -0.136. The van der Waals surface area contributed by atoms with Crippen LogP contribution in [-0.2, 0) is 4.79 Å². The van der Waals surface area contributed by atoms with Gasteiger partial charge in [-0.1, -0.05) is 32.9 Å². The Kier molecular flexibility index (Phi) is 6.70. The van der Waals surface area contributed by atoms with Gasteiger partial charge in [-0.2, -0.15) is 0 Å². The first kappa shape index (κ1) is 18.5. The molecule has 2 N–H and O–H groups in total. The van der Waals surface area contributed by atoms with Gasteiger partial charge >= 0.3 is 0 Å². The number of amides is 1. The largest absolute Gasteiger partial charge is 0.396 e. The first-order chi connectivity index (χ1) is 11.0. The van der Waals surface area contributed by atoms with Crippen LogP contribution in [0.15, 0.2) is 12.2 Å². The summed E-state index contributed by atoms with van der Waals surface area (Å²) in [6, 6.07) is 0.358. The van der Waals surface area contributed by atoms with Crippen molar-refractivity contribution in [1.82, 2.24) is 5.32 Å². The predicted octanol–water partition coefficient (Wildman–Crippen LogP) is 4.06. The molecule has 3 aliphatic rings. The third-order valence-corrected chi connectivity index (χ3v) is 6.26.